The van der Waals surface area contributed by atoms with Crippen LogP contribution in [0.3, 0.4) is 0 Å². The largest absolute Gasteiger partial charge is 0.395 e. The van der Waals surface area contributed by atoms with E-state index in [0.717, 1.165) is 11.0 Å². The van der Waals surface area contributed by atoms with Gasteiger partial charge in [0.15, 0.2) is 0 Å². The summed E-state index contributed by atoms with van der Waals surface area (Å²) in [6.45, 7) is -0.391. The van der Waals surface area contributed by atoms with Crippen LogP contribution in [-0.2, 0) is 9.59 Å². The lowest BCUT2D eigenvalue weighted by molar-refractivity contribution is -0.137. The van der Waals surface area contributed by atoms with Crippen molar-refractivity contribution in [3.05, 3.63) is 40.6 Å². The molecule has 0 radical (unpaired) electrons. The Morgan fingerprint density at radius 2 is 2.10 bits per heavy atom. The summed E-state index contributed by atoms with van der Waals surface area (Å²) in [5.74, 6) is -1.77. The minimum atomic E-state index is -0.701. The second kappa shape index (κ2) is 5.94. The molecule has 0 fully saturated rings. The van der Waals surface area contributed by atoms with E-state index in [1.54, 1.807) is 6.07 Å². The summed E-state index contributed by atoms with van der Waals surface area (Å²) in [5.41, 5.74) is 5.73. The molecule has 0 saturated carbocycles. The number of anilines is 1. The van der Waals surface area contributed by atoms with Crippen molar-refractivity contribution < 1.29 is 19.5 Å². The lowest BCUT2D eigenvalue weighted by Crippen LogP contribution is -2.34. The van der Waals surface area contributed by atoms with Crippen LogP contribution < -0.4 is 11.1 Å². The Kier molecular flexibility index (Phi) is 4.25. The fourth-order valence-electron chi connectivity index (χ4n) is 1.86. The van der Waals surface area contributed by atoms with Gasteiger partial charge in [-0.2, -0.15) is 0 Å². The van der Waals surface area contributed by atoms with Crippen LogP contribution in [0.1, 0.15) is 10.4 Å². The number of carbonyl (C=O) groups is 3. The second-order valence-electron chi connectivity index (χ2n) is 4.26. The van der Waals surface area contributed by atoms with Crippen molar-refractivity contribution in [1.82, 2.24) is 4.90 Å². The molecule has 8 heteroatoms. The first-order chi connectivity index (χ1) is 9.93. The summed E-state index contributed by atoms with van der Waals surface area (Å²) in [6, 6.07) is 4.39. The zero-order valence-electron chi connectivity index (χ0n) is 10.8. The first kappa shape index (κ1) is 15.0. The number of primary amides is 1. The topological polar surface area (TPSA) is 113 Å². The molecule has 1 heterocycles. The summed E-state index contributed by atoms with van der Waals surface area (Å²) >= 11 is 5.82. The molecule has 1 aliphatic heterocycles. The monoisotopic (exact) mass is 309 g/mol. The maximum absolute atomic E-state index is 11.9. The summed E-state index contributed by atoms with van der Waals surface area (Å²) in [7, 11) is 0. The van der Waals surface area contributed by atoms with Crippen molar-refractivity contribution in [3.8, 4) is 0 Å². The quantitative estimate of drug-likeness (QED) is 0.668. The van der Waals surface area contributed by atoms with Gasteiger partial charge in [-0.1, -0.05) is 11.6 Å². The average molecular weight is 310 g/mol. The number of imide groups is 1. The number of nitrogens with zero attached hydrogens (tertiary/aromatic N) is 1. The number of rotatable bonds is 5. The number of carbonyl (C=O) groups excluding carboxylic acids is 3. The molecular formula is C13H12ClN3O4. The van der Waals surface area contributed by atoms with Gasteiger partial charge in [-0.15, -0.1) is 0 Å². The third-order valence-corrected chi connectivity index (χ3v) is 3.17. The van der Waals surface area contributed by atoms with Crippen molar-refractivity contribution in [3.63, 3.8) is 0 Å². The van der Waals surface area contributed by atoms with E-state index in [9.17, 15) is 14.4 Å². The molecule has 7 nitrogen and oxygen atoms in total. The number of aliphatic hydroxyl groups is 1. The first-order valence-corrected chi connectivity index (χ1v) is 6.36. The van der Waals surface area contributed by atoms with Crippen LogP contribution in [0.25, 0.3) is 0 Å². The molecule has 4 N–H and O–H groups in total. The molecule has 0 saturated heterocycles. The second-order valence-corrected chi connectivity index (χ2v) is 4.67. The van der Waals surface area contributed by atoms with Crippen LogP contribution in [-0.4, -0.2) is 40.9 Å². The molecule has 2 rings (SSSR count). The third-order valence-electron chi connectivity index (χ3n) is 2.84. The summed E-state index contributed by atoms with van der Waals surface area (Å²) in [5, 5.41) is 11.7. The lowest BCUT2D eigenvalue weighted by atomic mass is 10.2. The molecule has 0 spiro atoms. The van der Waals surface area contributed by atoms with Crippen LogP contribution in [0.2, 0.25) is 5.02 Å². The number of benzene rings is 1. The van der Waals surface area contributed by atoms with Gasteiger partial charge in [0, 0.05) is 11.8 Å². The number of halogens is 1. The fraction of sp³-hybridized carbons (Fsp3) is 0.154. The number of β-amino-alcohol motifs (C(OH)–C–C–N with tert-alkyl or cyclic N) is 1. The highest BCUT2D eigenvalue weighted by Crippen LogP contribution is 2.22. The van der Waals surface area contributed by atoms with Crippen molar-refractivity contribution in [2.75, 3.05) is 18.5 Å². The van der Waals surface area contributed by atoms with E-state index in [1.807, 2.05) is 0 Å². The van der Waals surface area contributed by atoms with Crippen molar-refractivity contribution in [2.24, 2.45) is 5.73 Å². The lowest BCUT2D eigenvalue weighted by Gasteiger charge is -2.13. The zero-order chi connectivity index (χ0) is 15.6. The predicted molar refractivity (Wildman–Crippen MR) is 75.5 cm³/mol. The molecule has 0 unspecified atom stereocenters. The highest BCUT2D eigenvalue weighted by molar-refractivity contribution is 6.34. The molecule has 0 aromatic heterocycles. The Bertz CT molecular complexity index is 657. The van der Waals surface area contributed by atoms with Gasteiger partial charge >= 0.3 is 0 Å². The van der Waals surface area contributed by atoms with Gasteiger partial charge in [0.05, 0.1) is 23.7 Å². The molecule has 21 heavy (non-hydrogen) atoms. The van der Waals surface area contributed by atoms with Crippen molar-refractivity contribution in [1.29, 1.82) is 0 Å². The Morgan fingerprint density at radius 1 is 1.38 bits per heavy atom. The maximum Gasteiger partial charge on any atom is 0.277 e. The van der Waals surface area contributed by atoms with Crippen LogP contribution >= 0.6 is 11.6 Å². The van der Waals surface area contributed by atoms with Gasteiger partial charge in [-0.25, -0.2) is 0 Å². The standard InChI is InChI=1S/C13H12ClN3O4/c14-9-2-1-7(5-8(9)12(15)20)16-10-6-11(19)17(3-4-18)13(10)21/h1-2,5-6,16,18H,3-4H2,(H2,15,20). The van der Waals surface area contributed by atoms with Gasteiger partial charge in [-0.3, -0.25) is 19.3 Å². The SMILES string of the molecule is NC(=O)c1cc(NC2=CC(=O)N(CCO)C2=O)ccc1Cl. The molecule has 0 aliphatic carbocycles. The van der Waals surface area contributed by atoms with Gasteiger partial charge in [0.2, 0.25) is 5.91 Å². The average Bonchev–Trinajstić information content (AvgIpc) is 2.69. The molecule has 1 aromatic carbocycles. The molecule has 110 valence electrons. The van der Waals surface area contributed by atoms with Crippen LogP contribution in [0, 0.1) is 0 Å². The van der Waals surface area contributed by atoms with E-state index in [4.69, 9.17) is 22.4 Å². The normalized spacial score (nSPS) is 14.4. The Morgan fingerprint density at radius 3 is 2.71 bits per heavy atom. The Labute approximate surface area is 125 Å². The maximum atomic E-state index is 11.9. The van der Waals surface area contributed by atoms with Gasteiger partial charge in [-0.05, 0) is 18.2 Å². The van der Waals surface area contributed by atoms with Gasteiger partial charge in [0.25, 0.3) is 11.8 Å². The Balaban J connectivity index is 2.22. The van der Waals surface area contributed by atoms with E-state index >= 15 is 0 Å². The predicted octanol–water partition coefficient (Wildman–Crippen LogP) is 0.0958. The minimum Gasteiger partial charge on any atom is -0.395 e. The van der Waals surface area contributed by atoms with Gasteiger partial charge < -0.3 is 16.2 Å². The molecule has 1 aromatic rings. The minimum absolute atomic E-state index is 0.0474. The first-order valence-electron chi connectivity index (χ1n) is 5.99. The Hall–Kier alpha value is -2.38. The molecule has 3 amide bonds. The number of hydrogen-bond donors (Lipinski definition) is 3. The van der Waals surface area contributed by atoms with E-state index in [2.05, 4.69) is 5.32 Å². The molecule has 1 aliphatic rings. The molecular weight excluding hydrogens is 298 g/mol. The van der Waals surface area contributed by atoms with E-state index < -0.39 is 17.7 Å². The highest BCUT2D eigenvalue weighted by atomic mass is 35.5. The fourth-order valence-corrected chi connectivity index (χ4v) is 2.07. The van der Waals surface area contributed by atoms with E-state index in [0.29, 0.717) is 5.69 Å². The molecule has 0 bridgehead atoms. The van der Waals surface area contributed by atoms with E-state index in [1.165, 1.54) is 12.1 Å². The summed E-state index contributed by atoms with van der Waals surface area (Å²) in [4.78, 5) is 35.6. The zero-order valence-corrected chi connectivity index (χ0v) is 11.6. The van der Waals surface area contributed by atoms with Crippen molar-refractivity contribution in [2.45, 2.75) is 0 Å². The van der Waals surface area contributed by atoms with Crippen LogP contribution in [0.4, 0.5) is 5.69 Å². The smallest absolute Gasteiger partial charge is 0.277 e. The van der Waals surface area contributed by atoms with Crippen LogP contribution in [0.5, 0.6) is 0 Å². The highest BCUT2D eigenvalue weighted by Gasteiger charge is 2.30. The number of hydrogen-bond acceptors (Lipinski definition) is 5. The number of aliphatic hydroxyl groups excluding tert-OH is 1. The van der Waals surface area contributed by atoms with Crippen LogP contribution in [0.15, 0.2) is 30.0 Å². The van der Waals surface area contributed by atoms with Gasteiger partial charge in [0.1, 0.15) is 5.70 Å². The summed E-state index contributed by atoms with van der Waals surface area (Å²) < 4.78 is 0. The number of nitrogens with one attached hydrogen (secondary N) is 1. The summed E-state index contributed by atoms with van der Waals surface area (Å²) in [6.07, 6.45) is 1.12. The number of nitrogens with two attached hydrogens (primary N) is 1. The van der Waals surface area contributed by atoms with Crippen molar-refractivity contribution >= 4 is 35.0 Å². The molecule has 0 atom stereocenters. The third kappa shape index (κ3) is 3.04. The number of amides is 3. The van der Waals surface area contributed by atoms with E-state index in [-0.39, 0.29) is 29.4 Å².